The molecule has 1 aliphatic rings. The SMILES string of the molecule is COc1ccc(CC(=O)N2CCc3c(c(C(=O)NCc4ccc(Cl)cc4)nn3C)C2)cc1OC. The van der Waals surface area contributed by atoms with Crippen LogP contribution in [0.25, 0.3) is 0 Å². The van der Waals surface area contributed by atoms with Gasteiger partial charge in [0, 0.05) is 49.4 Å². The van der Waals surface area contributed by atoms with Gasteiger partial charge in [-0.3, -0.25) is 14.3 Å². The molecular formula is C25H27ClN4O4. The van der Waals surface area contributed by atoms with Gasteiger partial charge < -0.3 is 19.7 Å². The van der Waals surface area contributed by atoms with Gasteiger partial charge in [-0.15, -0.1) is 0 Å². The van der Waals surface area contributed by atoms with Gasteiger partial charge in [0.25, 0.3) is 5.91 Å². The van der Waals surface area contributed by atoms with E-state index in [4.69, 9.17) is 21.1 Å². The number of carbonyl (C=O) groups is 2. The molecule has 0 unspecified atom stereocenters. The minimum atomic E-state index is -0.263. The van der Waals surface area contributed by atoms with Crippen molar-refractivity contribution in [1.82, 2.24) is 20.0 Å². The van der Waals surface area contributed by atoms with Crippen LogP contribution in [-0.2, 0) is 37.8 Å². The van der Waals surface area contributed by atoms with Gasteiger partial charge in [0.15, 0.2) is 17.2 Å². The zero-order valence-corrected chi connectivity index (χ0v) is 20.2. The number of rotatable bonds is 7. The number of hydrogen-bond donors (Lipinski definition) is 1. The lowest BCUT2D eigenvalue weighted by Gasteiger charge is -2.28. The zero-order valence-electron chi connectivity index (χ0n) is 19.4. The molecule has 0 radical (unpaired) electrons. The average molecular weight is 483 g/mol. The maximum absolute atomic E-state index is 13.1. The second-order valence-electron chi connectivity index (χ2n) is 8.14. The Bertz CT molecular complexity index is 1210. The van der Waals surface area contributed by atoms with E-state index < -0.39 is 0 Å². The molecule has 1 aliphatic heterocycles. The van der Waals surface area contributed by atoms with Gasteiger partial charge in [0.05, 0.1) is 20.6 Å². The Hall–Kier alpha value is -3.52. The average Bonchev–Trinajstić information content (AvgIpc) is 3.19. The Balaban J connectivity index is 1.45. The summed E-state index contributed by atoms with van der Waals surface area (Å²) in [6.07, 6.45) is 0.870. The van der Waals surface area contributed by atoms with Crippen LogP contribution in [0.3, 0.4) is 0 Å². The fourth-order valence-corrected chi connectivity index (χ4v) is 4.26. The molecule has 3 aromatic rings. The molecule has 0 saturated heterocycles. The quantitative estimate of drug-likeness (QED) is 0.559. The minimum absolute atomic E-state index is 0.0192. The third kappa shape index (κ3) is 5.02. The number of ether oxygens (including phenoxy) is 2. The van der Waals surface area contributed by atoms with Crippen molar-refractivity contribution in [3.63, 3.8) is 0 Å². The summed E-state index contributed by atoms with van der Waals surface area (Å²) in [7, 11) is 4.97. The molecule has 0 fully saturated rings. The summed E-state index contributed by atoms with van der Waals surface area (Å²) in [6.45, 7) is 1.28. The van der Waals surface area contributed by atoms with E-state index >= 15 is 0 Å². The van der Waals surface area contributed by atoms with Gasteiger partial charge in [-0.25, -0.2) is 0 Å². The predicted molar refractivity (Wildman–Crippen MR) is 128 cm³/mol. The van der Waals surface area contributed by atoms with Crippen LogP contribution in [0.1, 0.15) is 32.9 Å². The lowest BCUT2D eigenvalue weighted by molar-refractivity contribution is -0.131. The third-order valence-corrected chi connectivity index (χ3v) is 6.23. The standard InChI is InChI=1S/C25H27ClN4O4/c1-29-20-10-11-30(23(31)13-17-6-9-21(33-2)22(12-17)34-3)15-19(20)24(28-29)25(32)27-14-16-4-7-18(26)8-5-16/h4-9,12H,10-11,13-15H2,1-3H3,(H,27,32). The summed E-state index contributed by atoms with van der Waals surface area (Å²) in [4.78, 5) is 27.8. The minimum Gasteiger partial charge on any atom is -0.493 e. The molecule has 0 saturated carbocycles. The lowest BCUT2D eigenvalue weighted by atomic mass is 10.0. The molecule has 9 heteroatoms. The van der Waals surface area contributed by atoms with Gasteiger partial charge in [-0.2, -0.15) is 5.10 Å². The second kappa shape index (κ2) is 10.2. The molecule has 2 amide bonds. The number of hydrogen-bond acceptors (Lipinski definition) is 5. The number of aryl methyl sites for hydroxylation is 1. The van der Waals surface area contributed by atoms with Gasteiger partial charge >= 0.3 is 0 Å². The van der Waals surface area contributed by atoms with Crippen LogP contribution in [0.4, 0.5) is 0 Å². The number of nitrogens with zero attached hydrogens (tertiary/aromatic N) is 3. The normalized spacial score (nSPS) is 12.8. The highest BCUT2D eigenvalue weighted by Crippen LogP contribution is 2.28. The smallest absolute Gasteiger partial charge is 0.272 e. The highest BCUT2D eigenvalue weighted by atomic mass is 35.5. The summed E-state index contributed by atoms with van der Waals surface area (Å²) in [5, 5.41) is 8.02. The van der Waals surface area contributed by atoms with E-state index in [9.17, 15) is 9.59 Å². The highest BCUT2D eigenvalue weighted by molar-refractivity contribution is 6.30. The number of halogens is 1. The first-order valence-corrected chi connectivity index (χ1v) is 11.3. The van der Waals surface area contributed by atoms with Crippen molar-refractivity contribution in [2.75, 3.05) is 20.8 Å². The molecule has 1 aromatic heterocycles. The zero-order chi connectivity index (χ0) is 24.2. The van der Waals surface area contributed by atoms with Gasteiger partial charge in [0.2, 0.25) is 5.91 Å². The Morgan fingerprint density at radius 1 is 1.06 bits per heavy atom. The maximum atomic E-state index is 13.1. The van der Waals surface area contributed by atoms with Crippen molar-refractivity contribution >= 4 is 23.4 Å². The molecule has 0 aliphatic carbocycles. The van der Waals surface area contributed by atoms with E-state index in [2.05, 4.69) is 10.4 Å². The van der Waals surface area contributed by atoms with Crippen molar-refractivity contribution in [3.05, 3.63) is 75.6 Å². The van der Waals surface area contributed by atoms with E-state index in [0.29, 0.717) is 48.3 Å². The van der Waals surface area contributed by atoms with E-state index in [1.807, 2.05) is 31.3 Å². The van der Waals surface area contributed by atoms with Crippen LogP contribution in [0.2, 0.25) is 5.02 Å². The van der Waals surface area contributed by atoms with E-state index in [0.717, 1.165) is 22.4 Å². The molecule has 0 bridgehead atoms. The molecule has 178 valence electrons. The number of fused-ring (bicyclic) bond motifs is 1. The number of carbonyl (C=O) groups excluding carboxylic acids is 2. The van der Waals surface area contributed by atoms with Crippen LogP contribution in [0.5, 0.6) is 11.5 Å². The molecular weight excluding hydrogens is 456 g/mol. The second-order valence-corrected chi connectivity index (χ2v) is 8.57. The first-order chi connectivity index (χ1) is 16.4. The largest absolute Gasteiger partial charge is 0.493 e. The molecule has 4 rings (SSSR count). The van der Waals surface area contributed by atoms with Gasteiger partial charge in [-0.1, -0.05) is 29.8 Å². The Labute approximate surface area is 203 Å². The molecule has 0 spiro atoms. The molecule has 8 nitrogen and oxygen atoms in total. The molecule has 1 N–H and O–H groups in total. The van der Waals surface area contributed by atoms with Crippen LogP contribution < -0.4 is 14.8 Å². The van der Waals surface area contributed by atoms with E-state index in [1.165, 1.54) is 0 Å². The van der Waals surface area contributed by atoms with Crippen molar-refractivity contribution in [2.24, 2.45) is 7.05 Å². The lowest BCUT2D eigenvalue weighted by Crippen LogP contribution is -2.38. The number of benzene rings is 2. The Morgan fingerprint density at radius 2 is 1.76 bits per heavy atom. The van der Waals surface area contributed by atoms with Crippen molar-refractivity contribution < 1.29 is 19.1 Å². The van der Waals surface area contributed by atoms with Gasteiger partial charge in [0.1, 0.15) is 0 Å². The number of nitrogens with one attached hydrogen (secondary N) is 1. The molecule has 2 heterocycles. The van der Waals surface area contributed by atoms with E-state index in [1.54, 1.807) is 42.0 Å². The predicted octanol–water partition coefficient (Wildman–Crippen LogP) is 3.15. The topological polar surface area (TPSA) is 85.7 Å². The van der Waals surface area contributed by atoms with E-state index in [-0.39, 0.29) is 18.2 Å². The Kier molecular flexibility index (Phi) is 7.07. The van der Waals surface area contributed by atoms with Crippen LogP contribution in [0.15, 0.2) is 42.5 Å². The summed E-state index contributed by atoms with van der Waals surface area (Å²) < 4.78 is 12.4. The van der Waals surface area contributed by atoms with Crippen molar-refractivity contribution in [2.45, 2.75) is 25.9 Å². The van der Waals surface area contributed by atoms with Crippen LogP contribution in [0, 0.1) is 0 Å². The number of methoxy groups -OCH3 is 2. The first kappa shape index (κ1) is 23.6. The fourth-order valence-electron chi connectivity index (χ4n) is 4.13. The summed E-state index contributed by atoms with van der Waals surface area (Å²) in [6, 6.07) is 12.8. The molecule has 0 atom stereocenters. The summed E-state index contributed by atoms with van der Waals surface area (Å²) >= 11 is 5.93. The van der Waals surface area contributed by atoms with Crippen molar-refractivity contribution in [3.8, 4) is 11.5 Å². The van der Waals surface area contributed by atoms with Crippen molar-refractivity contribution in [1.29, 1.82) is 0 Å². The third-order valence-electron chi connectivity index (χ3n) is 5.98. The van der Waals surface area contributed by atoms with Crippen LogP contribution >= 0.6 is 11.6 Å². The monoisotopic (exact) mass is 482 g/mol. The van der Waals surface area contributed by atoms with Gasteiger partial charge in [-0.05, 0) is 35.4 Å². The number of amides is 2. The number of aromatic nitrogens is 2. The Morgan fingerprint density at radius 3 is 2.47 bits per heavy atom. The first-order valence-electron chi connectivity index (χ1n) is 11.0. The fraction of sp³-hybridized carbons (Fsp3) is 0.320. The summed E-state index contributed by atoms with van der Waals surface area (Å²) in [5.41, 5.74) is 3.90. The molecule has 2 aromatic carbocycles. The highest BCUT2D eigenvalue weighted by Gasteiger charge is 2.29. The van der Waals surface area contributed by atoms with Crippen LogP contribution in [-0.4, -0.2) is 47.3 Å². The maximum Gasteiger partial charge on any atom is 0.272 e. The molecule has 34 heavy (non-hydrogen) atoms. The summed E-state index contributed by atoms with van der Waals surface area (Å²) in [5.74, 6) is 0.918.